The number of hydrogen-bond acceptors (Lipinski definition) is 12. The largest absolute Gasteiger partial charge is 0.460 e. The summed E-state index contributed by atoms with van der Waals surface area (Å²) in [5, 5.41) is 5.32. The highest BCUT2D eigenvalue weighted by Crippen LogP contribution is 2.49. The molecular weight excluding hydrogens is 785 g/mol. The van der Waals surface area contributed by atoms with E-state index in [1.807, 2.05) is 0 Å². The summed E-state index contributed by atoms with van der Waals surface area (Å²) in [4.78, 5) is 48.6. The molecule has 4 fully saturated rings. The third-order valence-corrected chi connectivity index (χ3v) is 13.1. The number of carbonyl (C=O) groups is 4. The summed E-state index contributed by atoms with van der Waals surface area (Å²) >= 11 is 0. The van der Waals surface area contributed by atoms with Gasteiger partial charge >= 0.3 is 24.1 Å². The van der Waals surface area contributed by atoms with Crippen LogP contribution in [-0.2, 0) is 47.5 Å². The van der Waals surface area contributed by atoms with E-state index in [0.717, 1.165) is 103 Å². The molecule has 0 bridgehead atoms. The Kier molecular flexibility index (Phi) is 22.4. The number of esters is 2. The van der Waals surface area contributed by atoms with Crippen molar-refractivity contribution in [1.82, 2.24) is 10.6 Å². The van der Waals surface area contributed by atoms with Gasteiger partial charge in [-0.2, -0.15) is 0 Å². The highest BCUT2D eigenvalue weighted by atomic mass is 16.6. The maximum atomic E-state index is 12.7. The quantitative estimate of drug-likeness (QED) is 0.0413. The summed E-state index contributed by atoms with van der Waals surface area (Å²) in [6, 6.07) is 0. The molecule has 14 heteroatoms. The molecule has 0 saturated heterocycles. The van der Waals surface area contributed by atoms with Crippen LogP contribution in [0.15, 0.2) is 24.3 Å². The van der Waals surface area contributed by atoms with Gasteiger partial charge in [0.15, 0.2) is 12.2 Å². The van der Waals surface area contributed by atoms with Gasteiger partial charge in [0.05, 0.1) is 63.9 Å². The summed E-state index contributed by atoms with van der Waals surface area (Å²) in [7, 11) is 0. The molecule has 0 aromatic heterocycles. The Balaban J connectivity index is 1.18. The Morgan fingerprint density at radius 1 is 0.508 bits per heavy atom. The molecule has 2 unspecified atom stereocenters. The van der Waals surface area contributed by atoms with Crippen LogP contribution >= 0.6 is 0 Å². The molecule has 61 heavy (non-hydrogen) atoms. The van der Waals surface area contributed by atoms with Crippen molar-refractivity contribution in [2.45, 2.75) is 180 Å². The van der Waals surface area contributed by atoms with Gasteiger partial charge in [0, 0.05) is 11.1 Å². The van der Waals surface area contributed by atoms with Crippen LogP contribution in [0.25, 0.3) is 0 Å². The van der Waals surface area contributed by atoms with E-state index < -0.39 is 36.3 Å². The highest BCUT2D eigenvalue weighted by molar-refractivity contribution is 5.87. The molecule has 0 spiro atoms. The third kappa shape index (κ3) is 19.0. The minimum atomic E-state index is -0.588. The van der Waals surface area contributed by atoms with Crippen LogP contribution in [0.3, 0.4) is 0 Å². The third-order valence-electron chi connectivity index (χ3n) is 13.1. The lowest BCUT2D eigenvalue weighted by Gasteiger charge is -2.46. The lowest BCUT2D eigenvalue weighted by atomic mass is 9.60. The van der Waals surface area contributed by atoms with Crippen LogP contribution in [0.1, 0.15) is 143 Å². The zero-order chi connectivity index (χ0) is 44.0. The van der Waals surface area contributed by atoms with E-state index in [9.17, 15) is 19.2 Å². The first-order valence-electron chi connectivity index (χ1n) is 23.3. The van der Waals surface area contributed by atoms with E-state index in [0.29, 0.717) is 23.0 Å². The molecular formula is C47H78N2O12. The highest BCUT2D eigenvalue weighted by Gasteiger charge is 2.41. The van der Waals surface area contributed by atoms with Gasteiger partial charge in [-0.15, -0.1) is 0 Å². The van der Waals surface area contributed by atoms with Crippen molar-refractivity contribution >= 4 is 24.1 Å². The Labute approximate surface area is 365 Å². The van der Waals surface area contributed by atoms with E-state index in [2.05, 4.69) is 37.6 Å². The van der Waals surface area contributed by atoms with Crippen molar-refractivity contribution in [2.75, 3.05) is 52.7 Å². The summed E-state index contributed by atoms with van der Waals surface area (Å²) in [5.74, 6) is 0.174. The maximum Gasteiger partial charge on any atom is 0.407 e. The molecule has 2 amide bonds. The van der Waals surface area contributed by atoms with Crippen molar-refractivity contribution in [3.63, 3.8) is 0 Å². The lowest BCUT2D eigenvalue weighted by molar-refractivity contribution is -0.139. The van der Waals surface area contributed by atoms with Gasteiger partial charge in [-0.25, -0.2) is 19.2 Å². The number of rotatable bonds is 24. The van der Waals surface area contributed by atoms with Gasteiger partial charge in [0.1, 0.15) is 13.2 Å². The van der Waals surface area contributed by atoms with Gasteiger partial charge in [-0.3, -0.25) is 0 Å². The zero-order valence-electron chi connectivity index (χ0n) is 37.8. The first kappa shape index (κ1) is 50.4. The lowest BCUT2D eigenvalue weighted by Crippen LogP contribution is -2.41. The van der Waals surface area contributed by atoms with Crippen molar-refractivity contribution < 1.29 is 57.1 Å². The molecule has 4 rings (SSSR count). The smallest absolute Gasteiger partial charge is 0.407 e. The second-order valence-corrected chi connectivity index (χ2v) is 18.4. The van der Waals surface area contributed by atoms with Crippen molar-refractivity contribution in [1.29, 1.82) is 0 Å². The van der Waals surface area contributed by atoms with Gasteiger partial charge in [-0.05, 0) is 108 Å². The topological polar surface area (TPSA) is 166 Å². The summed E-state index contributed by atoms with van der Waals surface area (Å²) in [6.45, 7) is 16.6. The molecule has 0 aliphatic heterocycles. The number of hydrogen-bond donors (Lipinski definition) is 2. The fourth-order valence-corrected chi connectivity index (χ4v) is 9.18. The SMILES string of the molecule is C=C(C)C(=O)OCCNC(=O)OC(COC1CCCCC1)COC1CCC(C(C)(C)C2CCC(OCC(COC3CCCCC3)OC(=O)NCCOC(=O)C(=C)C)CC2)CC1. The van der Waals surface area contributed by atoms with E-state index >= 15 is 0 Å². The van der Waals surface area contributed by atoms with Crippen LogP contribution in [0.2, 0.25) is 0 Å². The minimum Gasteiger partial charge on any atom is -0.460 e. The van der Waals surface area contributed by atoms with Gasteiger partial charge in [0.2, 0.25) is 0 Å². The monoisotopic (exact) mass is 863 g/mol. The molecule has 14 nitrogen and oxygen atoms in total. The number of nitrogens with one attached hydrogen (secondary N) is 2. The van der Waals surface area contributed by atoms with E-state index in [-0.39, 0.29) is 82.6 Å². The first-order valence-corrected chi connectivity index (χ1v) is 23.3. The van der Waals surface area contributed by atoms with Crippen LogP contribution in [0, 0.1) is 17.3 Å². The minimum absolute atomic E-state index is 0.0315. The second-order valence-electron chi connectivity index (χ2n) is 18.4. The predicted octanol–water partition coefficient (Wildman–Crippen LogP) is 8.29. The maximum absolute atomic E-state index is 12.7. The number of alkyl carbamates (subject to hydrolysis) is 2. The van der Waals surface area contributed by atoms with Crippen LogP contribution in [-0.4, -0.2) is 113 Å². The summed E-state index contributed by atoms with van der Waals surface area (Å²) < 4.78 is 46.8. The van der Waals surface area contributed by atoms with Crippen molar-refractivity contribution in [3.8, 4) is 0 Å². The second kappa shape index (κ2) is 27.1. The Hall–Kier alpha value is -3.20. The Morgan fingerprint density at radius 2 is 0.820 bits per heavy atom. The fraction of sp³-hybridized carbons (Fsp3) is 0.830. The Bertz CT molecular complexity index is 1260. The van der Waals surface area contributed by atoms with E-state index in [4.69, 9.17) is 37.9 Å². The molecule has 0 radical (unpaired) electrons. The van der Waals surface area contributed by atoms with Crippen molar-refractivity contribution in [3.05, 3.63) is 24.3 Å². The molecule has 0 heterocycles. The first-order chi connectivity index (χ1) is 29.3. The van der Waals surface area contributed by atoms with Crippen LogP contribution < -0.4 is 10.6 Å². The number of carbonyl (C=O) groups excluding carboxylic acids is 4. The standard InChI is InChI=1S/C47H78N2O12/c1-33(2)43(50)54-27-25-48-45(52)60-41(29-56-37-13-9-7-10-14-37)31-58-39-21-17-35(18-22-39)47(5,6)36-19-23-40(24-20-36)59-32-42(30-57-38-15-11-8-12-16-38)61-46(53)49-26-28-55-44(51)34(3)4/h35-42H,1,3,7-32H2,2,4-6H3,(H,48,52)(H,49,53). The zero-order valence-corrected chi connectivity index (χ0v) is 37.8. The fourth-order valence-electron chi connectivity index (χ4n) is 9.18. The normalized spacial score (nSPS) is 23.8. The molecule has 4 aliphatic carbocycles. The molecule has 2 N–H and O–H groups in total. The summed E-state index contributed by atoms with van der Waals surface area (Å²) in [6.07, 6.45) is 17.6. The van der Waals surface area contributed by atoms with E-state index in [1.54, 1.807) is 13.8 Å². The average molecular weight is 863 g/mol. The molecule has 0 aromatic carbocycles. The van der Waals surface area contributed by atoms with Crippen LogP contribution in [0.4, 0.5) is 9.59 Å². The molecule has 4 aliphatic rings. The molecule has 2 atom stereocenters. The van der Waals surface area contributed by atoms with E-state index in [1.165, 1.54) is 12.8 Å². The van der Waals surface area contributed by atoms with Gasteiger partial charge < -0.3 is 48.5 Å². The predicted molar refractivity (Wildman–Crippen MR) is 231 cm³/mol. The summed E-state index contributed by atoms with van der Waals surface area (Å²) in [5.41, 5.74) is 0.779. The van der Waals surface area contributed by atoms with Gasteiger partial charge in [-0.1, -0.05) is 65.5 Å². The van der Waals surface area contributed by atoms with Crippen molar-refractivity contribution in [2.24, 2.45) is 17.3 Å². The van der Waals surface area contributed by atoms with Gasteiger partial charge in [0.25, 0.3) is 0 Å². The molecule has 0 aromatic rings. The average Bonchev–Trinajstić information content (AvgIpc) is 3.26. The number of ether oxygens (including phenoxy) is 8. The number of amides is 2. The molecule has 4 saturated carbocycles. The molecule has 348 valence electrons. The van der Waals surface area contributed by atoms with Crippen LogP contribution in [0.5, 0.6) is 0 Å². The Morgan fingerprint density at radius 3 is 1.13 bits per heavy atom.